The van der Waals surface area contributed by atoms with Crippen LogP contribution in [0, 0.1) is 6.92 Å². The van der Waals surface area contributed by atoms with Crippen molar-refractivity contribution in [2.75, 3.05) is 0 Å². The number of hydrazone groups is 1. The number of benzene rings is 1. The predicted molar refractivity (Wildman–Crippen MR) is 91.0 cm³/mol. The second-order valence-corrected chi connectivity index (χ2v) is 7.14. The number of nitrogens with one attached hydrogen (secondary N) is 1. The van der Waals surface area contributed by atoms with Crippen molar-refractivity contribution in [3.63, 3.8) is 0 Å². The van der Waals surface area contributed by atoms with Crippen LogP contribution in [0.3, 0.4) is 0 Å². The minimum absolute atomic E-state index is 0.286. The second kappa shape index (κ2) is 5.97. The Morgan fingerprint density at radius 3 is 2.76 bits per heavy atom. The number of carbonyl (C=O) groups excluding carboxylic acids is 1. The first-order chi connectivity index (χ1) is 10.1. The summed E-state index contributed by atoms with van der Waals surface area (Å²) < 4.78 is 0.991. The molecule has 0 unspecified atom stereocenters. The number of halogens is 1. The highest BCUT2D eigenvalue weighted by atomic mass is 35.5. The van der Waals surface area contributed by atoms with Gasteiger partial charge in [-0.25, -0.2) is 5.43 Å². The van der Waals surface area contributed by atoms with Crippen LogP contribution in [-0.4, -0.2) is 12.1 Å². The molecule has 106 valence electrons. The van der Waals surface area contributed by atoms with E-state index in [1.807, 2.05) is 43.3 Å². The van der Waals surface area contributed by atoms with Gasteiger partial charge in [0.15, 0.2) is 0 Å². The van der Waals surface area contributed by atoms with Crippen LogP contribution in [0.5, 0.6) is 0 Å². The molecule has 6 heteroatoms. The highest BCUT2D eigenvalue weighted by Crippen LogP contribution is 2.34. The summed E-state index contributed by atoms with van der Waals surface area (Å²) >= 11 is 9.24. The largest absolute Gasteiger partial charge is 0.283 e. The number of hydrogen-bond acceptors (Lipinski definition) is 4. The van der Waals surface area contributed by atoms with E-state index in [2.05, 4.69) is 10.5 Å². The Morgan fingerprint density at radius 2 is 2.05 bits per heavy atom. The van der Waals surface area contributed by atoms with Crippen LogP contribution >= 0.6 is 34.3 Å². The van der Waals surface area contributed by atoms with Gasteiger partial charge < -0.3 is 0 Å². The highest BCUT2D eigenvalue weighted by molar-refractivity contribution is 7.21. The number of thiophene rings is 2. The van der Waals surface area contributed by atoms with Crippen molar-refractivity contribution >= 4 is 56.5 Å². The van der Waals surface area contributed by atoms with Gasteiger partial charge in [-0.3, -0.25) is 4.79 Å². The van der Waals surface area contributed by atoms with Crippen LogP contribution in [0.25, 0.3) is 10.1 Å². The van der Waals surface area contributed by atoms with Gasteiger partial charge >= 0.3 is 0 Å². The fourth-order valence-corrected chi connectivity index (χ4v) is 4.04. The Bertz CT molecular complexity index is 835. The lowest BCUT2D eigenvalue weighted by molar-refractivity contribution is 0.0959. The smallest absolute Gasteiger partial charge is 0.266 e. The van der Waals surface area contributed by atoms with E-state index in [-0.39, 0.29) is 5.91 Å². The molecule has 0 aliphatic carbocycles. The van der Waals surface area contributed by atoms with Crippen LogP contribution in [0.1, 0.15) is 19.4 Å². The van der Waals surface area contributed by atoms with E-state index in [0.29, 0.717) is 9.90 Å². The maximum atomic E-state index is 12.1. The molecular weight excluding hydrogens is 324 g/mol. The van der Waals surface area contributed by atoms with Crippen molar-refractivity contribution < 1.29 is 4.79 Å². The third-order valence-electron chi connectivity index (χ3n) is 2.86. The van der Waals surface area contributed by atoms with E-state index in [9.17, 15) is 4.79 Å². The van der Waals surface area contributed by atoms with E-state index in [1.54, 1.807) is 17.6 Å². The first-order valence-electron chi connectivity index (χ1n) is 6.22. The number of amides is 1. The maximum Gasteiger partial charge on any atom is 0.283 e. The maximum absolute atomic E-state index is 12.1. The van der Waals surface area contributed by atoms with Crippen LogP contribution in [0.2, 0.25) is 5.02 Å². The van der Waals surface area contributed by atoms with Gasteiger partial charge in [-0.1, -0.05) is 29.8 Å². The molecular formula is C15H11ClN2OS2. The second-order valence-electron chi connectivity index (χ2n) is 4.39. The number of aryl methyl sites for hydroxylation is 1. The van der Waals surface area contributed by atoms with Crippen LogP contribution < -0.4 is 5.43 Å². The zero-order valence-electron chi connectivity index (χ0n) is 11.1. The molecule has 0 atom stereocenters. The normalized spacial score (nSPS) is 11.3. The average molecular weight is 335 g/mol. The van der Waals surface area contributed by atoms with Gasteiger partial charge in [0, 0.05) is 19.8 Å². The summed E-state index contributed by atoms with van der Waals surface area (Å²) in [4.78, 5) is 14.8. The van der Waals surface area contributed by atoms with E-state index in [4.69, 9.17) is 11.6 Å². The van der Waals surface area contributed by atoms with Crippen molar-refractivity contribution in [2.45, 2.75) is 6.92 Å². The van der Waals surface area contributed by atoms with Gasteiger partial charge in [0.05, 0.1) is 11.2 Å². The molecule has 1 N–H and O–H groups in total. The summed E-state index contributed by atoms with van der Waals surface area (Å²) in [6.45, 7) is 2.03. The van der Waals surface area contributed by atoms with Crippen LogP contribution in [0.15, 0.2) is 41.5 Å². The molecule has 0 fully saturated rings. The van der Waals surface area contributed by atoms with E-state index in [0.717, 1.165) is 15.0 Å². The summed E-state index contributed by atoms with van der Waals surface area (Å²) in [5.74, 6) is -0.286. The van der Waals surface area contributed by atoms with E-state index < -0.39 is 0 Å². The molecule has 2 heterocycles. The standard InChI is InChI=1S/C15H11ClN2OS2/c1-9-6-7-10(20-9)8-17-18-15(19)14-13(16)11-4-2-3-5-12(11)21-14/h2-8H,1H3,(H,18,19)/b17-8-. The Balaban J connectivity index is 1.78. The van der Waals surface area contributed by atoms with Gasteiger partial charge in [0.25, 0.3) is 5.91 Å². The monoisotopic (exact) mass is 334 g/mol. The lowest BCUT2D eigenvalue weighted by Gasteiger charge is -1.96. The van der Waals surface area contributed by atoms with Gasteiger partial charge in [-0.05, 0) is 25.1 Å². The van der Waals surface area contributed by atoms with Crippen molar-refractivity contribution in [2.24, 2.45) is 5.10 Å². The number of nitrogens with zero attached hydrogens (tertiary/aromatic N) is 1. The highest BCUT2D eigenvalue weighted by Gasteiger charge is 2.16. The van der Waals surface area contributed by atoms with Crippen LogP contribution in [0.4, 0.5) is 0 Å². The molecule has 0 saturated carbocycles. The first-order valence-corrected chi connectivity index (χ1v) is 8.23. The van der Waals surface area contributed by atoms with Crippen molar-refractivity contribution in [3.8, 4) is 0 Å². The van der Waals surface area contributed by atoms with Gasteiger partial charge in [-0.2, -0.15) is 5.10 Å². The van der Waals surface area contributed by atoms with Crippen molar-refractivity contribution in [3.05, 3.63) is 56.1 Å². The van der Waals surface area contributed by atoms with E-state index in [1.165, 1.54) is 16.2 Å². The third-order valence-corrected chi connectivity index (χ3v) is 5.47. The van der Waals surface area contributed by atoms with Gasteiger partial charge in [0.2, 0.25) is 0 Å². The Kier molecular flexibility index (Phi) is 4.05. The number of fused-ring (bicyclic) bond motifs is 1. The molecule has 0 aliphatic heterocycles. The SMILES string of the molecule is Cc1ccc(/C=N\NC(=O)c2sc3ccccc3c2Cl)s1. The average Bonchev–Trinajstić information content (AvgIpc) is 3.03. The third kappa shape index (κ3) is 3.00. The summed E-state index contributed by atoms with van der Waals surface area (Å²) in [7, 11) is 0. The number of rotatable bonds is 3. The van der Waals surface area contributed by atoms with Gasteiger partial charge in [0.1, 0.15) is 4.88 Å². The zero-order valence-corrected chi connectivity index (χ0v) is 13.5. The molecule has 0 saturated heterocycles. The van der Waals surface area contributed by atoms with Crippen molar-refractivity contribution in [1.82, 2.24) is 5.43 Å². The Labute approximate surface area is 134 Å². The summed E-state index contributed by atoms with van der Waals surface area (Å²) in [6, 6.07) is 11.6. The molecule has 0 spiro atoms. The first kappa shape index (κ1) is 14.3. The zero-order chi connectivity index (χ0) is 14.8. The van der Waals surface area contributed by atoms with E-state index >= 15 is 0 Å². The predicted octanol–water partition coefficient (Wildman–Crippen LogP) is 4.69. The molecule has 0 aliphatic rings. The molecule has 21 heavy (non-hydrogen) atoms. The molecule has 3 nitrogen and oxygen atoms in total. The molecule has 0 bridgehead atoms. The summed E-state index contributed by atoms with van der Waals surface area (Å²) in [5, 5.41) is 5.35. The minimum atomic E-state index is -0.286. The molecule has 3 rings (SSSR count). The number of hydrogen-bond donors (Lipinski definition) is 1. The fraction of sp³-hybridized carbons (Fsp3) is 0.0667. The number of carbonyl (C=O) groups is 1. The molecule has 0 radical (unpaired) electrons. The van der Waals surface area contributed by atoms with Crippen LogP contribution in [-0.2, 0) is 0 Å². The quantitative estimate of drug-likeness (QED) is 0.548. The fourth-order valence-electron chi connectivity index (χ4n) is 1.89. The topological polar surface area (TPSA) is 41.5 Å². The molecule has 2 aromatic heterocycles. The lowest BCUT2D eigenvalue weighted by atomic mass is 10.2. The summed E-state index contributed by atoms with van der Waals surface area (Å²) in [5.41, 5.74) is 2.52. The van der Waals surface area contributed by atoms with Crippen molar-refractivity contribution in [1.29, 1.82) is 0 Å². The molecule has 1 amide bonds. The summed E-state index contributed by atoms with van der Waals surface area (Å²) in [6.07, 6.45) is 1.64. The van der Waals surface area contributed by atoms with Gasteiger partial charge in [-0.15, -0.1) is 22.7 Å². The molecule has 3 aromatic rings. The Hall–Kier alpha value is -1.69. The minimum Gasteiger partial charge on any atom is -0.266 e. The molecule has 1 aromatic carbocycles. The Morgan fingerprint density at radius 1 is 1.24 bits per heavy atom. The lowest BCUT2D eigenvalue weighted by Crippen LogP contribution is -2.16.